The van der Waals surface area contributed by atoms with Crippen LogP contribution >= 0.6 is 24.0 Å². The maximum Gasteiger partial charge on any atom is 0.240 e. The Morgan fingerprint density at radius 2 is 2.00 bits per heavy atom. The summed E-state index contributed by atoms with van der Waals surface area (Å²) in [5.41, 5.74) is 0.807. The quantitative estimate of drug-likeness (QED) is 0.322. The van der Waals surface area contributed by atoms with E-state index >= 15 is 0 Å². The Morgan fingerprint density at radius 3 is 2.64 bits per heavy atom. The van der Waals surface area contributed by atoms with Crippen LogP contribution in [-0.2, 0) is 23.1 Å². The molecule has 0 amide bonds. The highest BCUT2D eigenvalue weighted by molar-refractivity contribution is 14.0. The topological polar surface area (TPSA) is 95.7 Å². The van der Waals surface area contributed by atoms with Crippen LogP contribution in [0.3, 0.4) is 0 Å². The number of rotatable bonds is 7. The molecular weight excluding hydrogens is 455 g/mol. The van der Waals surface area contributed by atoms with Crippen molar-refractivity contribution in [2.45, 2.75) is 24.9 Å². The number of nitrogens with one attached hydrogen (secondary N) is 3. The summed E-state index contributed by atoms with van der Waals surface area (Å²) < 4.78 is 31.3. The fraction of sp³-hybridized carbons (Fsp3) is 0.312. The van der Waals surface area contributed by atoms with Crippen molar-refractivity contribution >= 4 is 40.0 Å². The van der Waals surface area contributed by atoms with Crippen molar-refractivity contribution in [3.8, 4) is 0 Å². The molecule has 0 saturated carbocycles. The first-order chi connectivity index (χ1) is 11.5. The summed E-state index contributed by atoms with van der Waals surface area (Å²) in [6.07, 6.45) is 1.62. The van der Waals surface area contributed by atoms with Crippen LogP contribution in [0.4, 0.5) is 0 Å². The number of aliphatic imine (C=N–C) groups is 1. The van der Waals surface area contributed by atoms with Gasteiger partial charge in [-0.25, -0.2) is 18.1 Å². The molecule has 0 aliphatic rings. The summed E-state index contributed by atoms with van der Waals surface area (Å²) in [6, 6.07) is 10.4. The van der Waals surface area contributed by atoms with Gasteiger partial charge in [-0.3, -0.25) is 0 Å². The number of guanidine groups is 1. The maximum absolute atomic E-state index is 11.8. The van der Waals surface area contributed by atoms with Gasteiger partial charge in [0.05, 0.1) is 24.2 Å². The highest BCUT2D eigenvalue weighted by Gasteiger charge is 2.11. The molecule has 3 N–H and O–H groups in total. The molecule has 0 saturated heterocycles. The van der Waals surface area contributed by atoms with Crippen molar-refractivity contribution in [3.63, 3.8) is 0 Å². The molecular formula is C16H23IN4O3S. The molecule has 7 nitrogen and oxygen atoms in total. The molecule has 0 aliphatic heterocycles. The Morgan fingerprint density at radius 1 is 1.20 bits per heavy atom. The van der Waals surface area contributed by atoms with Crippen LogP contribution in [0.1, 0.15) is 18.2 Å². The molecule has 9 heteroatoms. The Bertz CT molecular complexity index is 776. The third-order valence-electron chi connectivity index (χ3n) is 3.25. The average molecular weight is 478 g/mol. The zero-order valence-corrected chi connectivity index (χ0v) is 17.3. The minimum Gasteiger partial charge on any atom is -0.467 e. The van der Waals surface area contributed by atoms with Gasteiger partial charge >= 0.3 is 0 Å². The van der Waals surface area contributed by atoms with Crippen molar-refractivity contribution in [1.82, 2.24) is 15.4 Å². The van der Waals surface area contributed by atoms with Gasteiger partial charge in [0.25, 0.3) is 0 Å². The number of halogens is 1. The van der Waals surface area contributed by atoms with Crippen molar-refractivity contribution in [2.24, 2.45) is 4.99 Å². The van der Waals surface area contributed by atoms with Crippen LogP contribution in [0.15, 0.2) is 57.0 Å². The zero-order chi connectivity index (χ0) is 17.4. The maximum atomic E-state index is 11.8. The molecule has 0 unspecified atom stereocenters. The number of nitrogens with zero attached hydrogens (tertiary/aromatic N) is 1. The summed E-state index contributed by atoms with van der Waals surface area (Å²) in [6.45, 7) is 3.58. The molecule has 1 heterocycles. The van der Waals surface area contributed by atoms with Gasteiger partial charge in [-0.05, 0) is 43.8 Å². The van der Waals surface area contributed by atoms with Crippen LogP contribution in [0, 0.1) is 0 Å². The van der Waals surface area contributed by atoms with Gasteiger partial charge in [0, 0.05) is 6.54 Å². The standard InChI is InChI=1S/C16H22N4O3S.HI/c1-3-18-16(20-12-14-7-5-9-23-14)19-11-13-6-4-8-15(10-13)24(21,22)17-2;/h4-10,17H,3,11-12H2,1-2H3,(H2,18,19,20);1H. The van der Waals surface area contributed by atoms with Crippen molar-refractivity contribution in [3.05, 3.63) is 54.0 Å². The third kappa shape index (κ3) is 6.67. The predicted octanol–water partition coefficient (Wildman–Crippen LogP) is 2.06. The molecule has 25 heavy (non-hydrogen) atoms. The second-order valence-electron chi connectivity index (χ2n) is 4.98. The van der Waals surface area contributed by atoms with Crippen LogP contribution in [0.25, 0.3) is 0 Å². The van der Waals surface area contributed by atoms with Crippen molar-refractivity contribution in [1.29, 1.82) is 0 Å². The zero-order valence-electron chi connectivity index (χ0n) is 14.2. The van der Waals surface area contributed by atoms with Gasteiger partial charge in [0.1, 0.15) is 5.76 Å². The summed E-state index contributed by atoms with van der Waals surface area (Å²) in [7, 11) is -2.06. The molecule has 0 atom stereocenters. The van der Waals surface area contributed by atoms with Crippen LogP contribution in [0.5, 0.6) is 0 Å². The minimum absolute atomic E-state index is 0. The molecule has 1 aromatic carbocycles. The van der Waals surface area contributed by atoms with Gasteiger partial charge in [-0.1, -0.05) is 12.1 Å². The molecule has 0 radical (unpaired) electrons. The molecule has 138 valence electrons. The normalized spacial score (nSPS) is 11.7. The smallest absolute Gasteiger partial charge is 0.240 e. The van der Waals surface area contributed by atoms with E-state index in [2.05, 4.69) is 20.3 Å². The number of hydrogen-bond donors (Lipinski definition) is 3. The molecule has 0 aliphatic carbocycles. The van der Waals surface area contributed by atoms with E-state index in [4.69, 9.17) is 4.42 Å². The van der Waals surface area contributed by atoms with E-state index in [1.807, 2.05) is 25.1 Å². The van der Waals surface area contributed by atoms with Gasteiger partial charge in [-0.15, -0.1) is 24.0 Å². The van der Waals surface area contributed by atoms with Gasteiger partial charge in [-0.2, -0.15) is 0 Å². The van der Waals surface area contributed by atoms with Crippen LogP contribution in [0.2, 0.25) is 0 Å². The van der Waals surface area contributed by atoms with E-state index in [1.165, 1.54) is 7.05 Å². The second kappa shape index (κ2) is 10.4. The first-order valence-electron chi connectivity index (χ1n) is 7.62. The fourth-order valence-electron chi connectivity index (χ4n) is 2.02. The Balaban J connectivity index is 0.00000312. The Labute approximate surface area is 165 Å². The van der Waals surface area contributed by atoms with Crippen LogP contribution in [-0.4, -0.2) is 28.0 Å². The highest BCUT2D eigenvalue weighted by atomic mass is 127. The number of hydrogen-bond acceptors (Lipinski definition) is 4. The summed E-state index contributed by atoms with van der Waals surface area (Å²) >= 11 is 0. The fourth-order valence-corrected chi connectivity index (χ4v) is 2.82. The predicted molar refractivity (Wildman–Crippen MR) is 108 cm³/mol. The molecule has 0 spiro atoms. The lowest BCUT2D eigenvalue weighted by Crippen LogP contribution is -2.36. The van der Waals surface area contributed by atoms with E-state index in [9.17, 15) is 8.42 Å². The minimum atomic E-state index is -3.45. The third-order valence-corrected chi connectivity index (χ3v) is 4.66. The number of sulfonamides is 1. The SMILES string of the molecule is CCNC(=NCc1cccc(S(=O)(=O)NC)c1)NCc1ccco1.I. The number of furan rings is 1. The van der Waals surface area contributed by atoms with Crippen LogP contribution < -0.4 is 15.4 Å². The summed E-state index contributed by atoms with van der Waals surface area (Å²) in [5.74, 6) is 1.44. The molecule has 0 bridgehead atoms. The van der Waals surface area contributed by atoms with Crippen molar-refractivity contribution in [2.75, 3.05) is 13.6 Å². The van der Waals surface area contributed by atoms with E-state index in [0.717, 1.165) is 17.9 Å². The van der Waals surface area contributed by atoms with Gasteiger partial charge in [0.2, 0.25) is 10.0 Å². The lowest BCUT2D eigenvalue weighted by Gasteiger charge is -2.10. The van der Waals surface area contributed by atoms with E-state index in [1.54, 1.807) is 24.5 Å². The van der Waals surface area contributed by atoms with Gasteiger partial charge in [0.15, 0.2) is 5.96 Å². The highest BCUT2D eigenvalue weighted by Crippen LogP contribution is 2.12. The Kier molecular flexibility index (Phi) is 8.93. The summed E-state index contributed by atoms with van der Waals surface area (Å²) in [5, 5.41) is 6.30. The largest absolute Gasteiger partial charge is 0.467 e. The van der Waals surface area contributed by atoms with E-state index in [0.29, 0.717) is 19.0 Å². The van der Waals surface area contributed by atoms with Crippen molar-refractivity contribution < 1.29 is 12.8 Å². The number of benzene rings is 1. The first kappa shape index (κ1) is 21.5. The molecule has 0 fully saturated rings. The first-order valence-corrected chi connectivity index (χ1v) is 9.10. The molecule has 1 aromatic heterocycles. The van der Waals surface area contributed by atoms with E-state index in [-0.39, 0.29) is 28.9 Å². The monoisotopic (exact) mass is 478 g/mol. The second-order valence-corrected chi connectivity index (χ2v) is 6.87. The summed E-state index contributed by atoms with van der Waals surface area (Å²) in [4.78, 5) is 4.70. The molecule has 2 aromatic rings. The lowest BCUT2D eigenvalue weighted by molar-refractivity contribution is 0.501. The average Bonchev–Trinajstić information content (AvgIpc) is 3.11. The Hall–Kier alpha value is -1.59. The van der Waals surface area contributed by atoms with Gasteiger partial charge < -0.3 is 15.1 Å². The van der Waals surface area contributed by atoms with E-state index < -0.39 is 10.0 Å². The molecule has 2 rings (SSSR count). The lowest BCUT2D eigenvalue weighted by atomic mass is 10.2.